The topological polar surface area (TPSA) is 69.0 Å². The van der Waals surface area contributed by atoms with Gasteiger partial charge in [-0.3, -0.25) is 10.1 Å². The number of carbonyl (C=O) groups is 1. The summed E-state index contributed by atoms with van der Waals surface area (Å²) in [4.78, 5) is 15.9. The van der Waals surface area contributed by atoms with Crippen molar-refractivity contribution >= 4 is 35.1 Å². The molecule has 1 atom stereocenters. The Morgan fingerprint density at radius 2 is 1.93 bits per heavy atom. The van der Waals surface area contributed by atoms with Crippen LogP contribution in [0.5, 0.6) is 5.75 Å². The van der Waals surface area contributed by atoms with E-state index in [1.165, 1.54) is 18.5 Å². The van der Waals surface area contributed by atoms with E-state index in [0.29, 0.717) is 21.7 Å². The summed E-state index contributed by atoms with van der Waals surface area (Å²) >= 11 is 12.7. The number of ether oxygens (including phenoxy) is 1. The van der Waals surface area contributed by atoms with Crippen molar-refractivity contribution in [1.82, 2.24) is 14.8 Å². The van der Waals surface area contributed by atoms with Crippen LogP contribution in [0.4, 0.5) is 10.3 Å². The number of rotatable bonds is 4. The van der Waals surface area contributed by atoms with Gasteiger partial charge in [0.05, 0.1) is 22.5 Å². The lowest BCUT2D eigenvalue weighted by molar-refractivity contribution is -0.117. The van der Waals surface area contributed by atoms with Crippen LogP contribution in [0.3, 0.4) is 0 Å². The summed E-state index contributed by atoms with van der Waals surface area (Å²) in [5.74, 6) is 0.221. The summed E-state index contributed by atoms with van der Waals surface area (Å²) in [6.45, 7) is 0.193. The zero-order valence-electron chi connectivity index (χ0n) is 13.8. The van der Waals surface area contributed by atoms with Crippen molar-refractivity contribution in [3.8, 4) is 5.75 Å². The van der Waals surface area contributed by atoms with Gasteiger partial charge < -0.3 is 4.74 Å². The first-order valence-corrected chi connectivity index (χ1v) is 8.82. The first kappa shape index (κ1) is 17.8. The van der Waals surface area contributed by atoms with Gasteiger partial charge in [-0.25, -0.2) is 9.07 Å². The molecule has 0 aliphatic carbocycles. The third-order valence-electron chi connectivity index (χ3n) is 4.20. The van der Waals surface area contributed by atoms with E-state index in [0.717, 1.165) is 11.1 Å². The largest absolute Gasteiger partial charge is 0.486 e. The molecule has 6 nitrogen and oxygen atoms in total. The zero-order valence-corrected chi connectivity index (χ0v) is 15.3. The molecule has 0 saturated heterocycles. The van der Waals surface area contributed by atoms with E-state index in [2.05, 4.69) is 15.4 Å². The molecule has 1 N–H and O–H groups in total. The van der Waals surface area contributed by atoms with E-state index in [9.17, 15) is 9.18 Å². The Morgan fingerprint density at radius 1 is 1.22 bits per heavy atom. The Morgan fingerprint density at radius 3 is 2.63 bits per heavy atom. The Labute approximate surface area is 163 Å². The highest BCUT2D eigenvalue weighted by atomic mass is 35.5. The monoisotopic (exact) mass is 406 g/mol. The summed E-state index contributed by atoms with van der Waals surface area (Å²) in [6, 6.07) is 8.99. The van der Waals surface area contributed by atoms with Gasteiger partial charge in [-0.1, -0.05) is 35.3 Å². The Kier molecular flexibility index (Phi) is 4.72. The molecule has 2 heterocycles. The highest BCUT2D eigenvalue weighted by Crippen LogP contribution is 2.39. The van der Waals surface area contributed by atoms with Gasteiger partial charge in [-0.2, -0.15) is 10.1 Å². The lowest BCUT2D eigenvalue weighted by atomic mass is 10.0. The first-order chi connectivity index (χ1) is 13.0. The fourth-order valence-electron chi connectivity index (χ4n) is 2.91. The zero-order chi connectivity index (χ0) is 19.0. The van der Waals surface area contributed by atoms with Crippen molar-refractivity contribution in [3.63, 3.8) is 0 Å². The molecule has 0 saturated carbocycles. The molecule has 9 heteroatoms. The number of aromatic nitrogens is 3. The minimum Gasteiger partial charge on any atom is -0.486 e. The number of hydrogen-bond acceptors (Lipinski definition) is 4. The number of benzene rings is 2. The second kappa shape index (κ2) is 7.17. The molecular weight excluding hydrogens is 394 g/mol. The number of fused-ring (bicyclic) bond motifs is 1. The molecule has 0 unspecified atom stereocenters. The lowest BCUT2D eigenvalue weighted by Crippen LogP contribution is -2.29. The summed E-state index contributed by atoms with van der Waals surface area (Å²) in [5, 5.41) is 7.44. The van der Waals surface area contributed by atoms with Crippen molar-refractivity contribution < 1.29 is 13.9 Å². The SMILES string of the molecule is O=C1C[C@H](c2cc(Cl)c(OCc3ccc(F)cc3)c(Cl)c2)n2ncnc2N1. The third-order valence-corrected chi connectivity index (χ3v) is 4.76. The molecule has 4 rings (SSSR count). The molecule has 3 aromatic rings. The molecule has 0 fully saturated rings. The van der Waals surface area contributed by atoms with E-state index >= 15 is 0 Å². The number of hydrogen-bond donors (Lipinski definition) is 1. The Balaban J connectivity index is 1.59. The van der Waals surface area contributed by atoms with E-state index in [1.807, 2.05) is 0 Å². The van der Waals surface area contributed by atoms with Crippen molar-refractivity contribution in [2.24, 2.45) is 0 Å². The molecule has 2 aromatic carbocycles. The average Bonchev–Trinajstić information content (AvgIpc) is 3.10. The van der Waals surface area contributed by atoms with Crippen molar-refractivity contribution in [1.29, 1.82) is 0 Å². The molecule has 1 aromatic heterocycles. The smallest absolute Gasteiger partial charge is 0.229 e. The number of amides is 1. The van der Waals surface area contributed by atoms with Crippen LogP contribution in [-0.2, 0) is 11.4 Å². The van der Waals surface area contributed by atoms with Crippen LogP contribution in [0.25, 0.3) is 0 Å². The highest BCUT2D eigenvalue weighted by Gasteiger charge is 2.28. The van der Waals surface area contributed by atoms with E-state index in [4.69, 9.17) is 27.9 Å². The number of nitrogens with one attached hydrogen (secondary N) is 1. The fraction of sp³-hybridized carbons (Fsp3) is 0.167. The molecule has 27 heavy (non-hydrogen) atoms. The molecule has 1 aliphatic rings. The van der Waals surface area contributed by atoms with Gasteiger partial charge in [-0.15, -0.1) is 0 Å². The summed E-state index contributed by atoms with van der Waals surface area (Å²) in [6.07, 6.45) is 1.57. The summed E-state index contributed by atoms with van der Waals surface area (Å²) in [5.41, 5.74) is 1.50. The number of nitrogens with zero attached hydrogens (tertiary/aromatic N) is 3. The third kappa shape index (κ3) is 3.61. The van der Waals surface area contributed by atoms with Gasteiger partial charge in [0.15, 0.2) is 5.75 Å². The van der Waals surface area contributed by atoms with Crippen LogP contribution in [-0.4, -0.2) is 20.7 Å². The van der Waals surface area contributed by atoms with Gasteiger partial charge in [-0.05, 0) is 35.4 Å². The molecule has 0 radical (unpaired) electrons. The van der Waals surface area contributed by atoms with E-state index in [-0.39, 0.29) is 30.8 Å². The lowest BCUT2D eigenvalue weighted by Gasteiger charge is -2.24. The van der Waals surface area contributed by atoms with Crippen LogP contribution in [0.1, 0.15) is 23.6 Å². The maximum atomic E-state index is 13.0. The molecule has 0 spiro atoms. The van der Waals surface area contributed by atoms with Crippen LogP contribution in [0.15, 0.2) is 42.7 Å². The second-order valence-corrected chi connectivity index (χ2v) is 6.84. The minimum atomic E-state index is -0.364. The minimum absolute atomic E-state index is 0.163. The van der Waals surface area contributed by atoms with Gasteiger partial charge in [0.1, 0.15) is 18.8 Å². The normalized spacial score (nSPS) is 16.0. The quantitative estimate of drug-likeness (QED) is 0.703. The highest BCUT2D eigenvalue weighted by molar-refractivity contribution is 6.37. The van der Waals surface area contributed by atoms with Crippen molar-refractivity contribution in [3.05, 3.63) is 69.7 Å². The van der Waals surface area contributed by atoms with Gasteiger partial charge in [0.2, 0.25) is 11.9 Å². The Bertz CT molecular complexity index is 984. The van der Waals surface area contributed by atoms with Crippen LogP contribution in [0.2, 0.25) is 10.0 Å². The van der Waals surface area contributed by atoms with Gasteiger partial charge in [0.25, 0.3) is 0 Å². The van der Waals surface area contributed by atoms with E-state index in [1.54, 1.807) is 28.9 Å². The molecule has 0 bridgehead atoms. The number of carbonyl (C=O) groups excluding carboxylic acids is 1. The number of anilines is 1. The van der Waals surface area contributed by atoms with Gasteiger partial charge in [0, 0.05) is 0 Å². The van der Waals surface area contributed by atoms with E-state index < -0.39 is 0 Å². The maximum absolute atomic E-state index is 13.0. The molecule has 138 valence electrons. The molecule has 1 amide bonds. The fourth-order valence-corrected chi connectivity index (χ4v) is 3.52. The first-order valence-electron chi connectivity index (χ1n) is 8.07. The maximum Gasteiger partial charge on any atom is 0.229 e. The van der Waals surface area contributed by atoms with Crippen molar-refractivity contribution in [2.75, 3.05) is 5.32 Å². The molecule has 1 aliphatic heterocycles. The van der Waals surface area contributed by atoms with Crippen LogP contribution < -0.4 is 10.1 Å². The predicted molar refractivity (Wildman–Crippen MR) is 98.6 cm³/mol. The van der Waals surface area contributed by atoms with Gasteiger partial charge >= 0.3 is 0 Å². The number of halogens is 3. The predicted octanol–water partition coefficient (Wildman–Crippen LogP) is 4.23. The average molecular weight is 407 g/mol. The summed E-state index contributed by atoms with van der Waals surface area (Å²) in [7, 11) is 0. The second-order valence-electron chi connectivity index (χ2n) is 6.03. The van der Waals surface area contributed by atoms with Crippen LogP contribution in [0, 0.1) is 5.82 Å². The van der Waals surface area contributed by atoms with Crippen molar-refractivity contribution in [2.45, 2.75) is 19.1 Å². The standard InChI is InChI=1S/C18H13Cl2FN4O2/c19-13-5-11(15-7-16(26)24-18-22-9-23-25(15)18)6-14(20)17(13)27-8-10-1-3-12(21)4-2-10/h1-6,9,15H,7-8H2,(H,22,23,24,26)/t15-/m1/s1. The Hall–Kier alpha value is -2.64. The summed E-state index contributed by atoms with van der Waals surface area (Å²) < 4.78 is 20.3. The van der Waals surface area contributed by atoms with Crippen LogP contribution >= 0.6 is 23.2 Å². The molecular formula is C18H13Cl2FN4O2.